The topological polar surface area (TPSA) is 0 Å². The van der Waals surface area contributed by atoms with Crippen molar-refractivity contribution in [2.45, 2.75) is 41.5 Å². The van der Waals surface area contributed by atoms with Gasteiger partial charge in [0.2, 0.25) is 0 Å². The Morgan fingerprint density at radius 3 is 1.88 bits per heavy atom. The number of hydrogen-bond acceptors (Lipinski definition) is 0. The van der Waals surface area contributed by atoms with Gasteiger partial charge in [0.1, 0.15) is 5.82 Å². The highest BCUT2D eigenvalue weighted by Crippen LogP contribution is 2.12. The van der Waals surface area contributed by atoms with Crippen LogP contribution in [-0.2, 0) is 0 Å². The summed E-state index contributed by atoms with van der Waals surface area (Å²) in [6.45, 7) is 15.9. The van der Waals surface area contributed by atoms with E-state index in [4.69, 9.17) is 0 Å². The van der Waals surface area contributed by atoms with Crippen LogP contribution in [0.25, 0.3) is 6.08 Å². The molecule has 0 N–H and O–H groups in total. The van der Waals surface area contributed by atoms with Gasteiger partial charge in [-0.2, -0.15) is 0 Å². The van der Waals surface area contributed by atoms with Crippen molar-refractivity contribution in [3.05, 3.63) is 41.7 Å². The van der Waals surface area contributed by atoms with Crippen LogP contribution >= 0.6 is 0 Å². The predicted molar refractivity (Wildman–Crippen MR) is 73.1 cm³/mol. The molecule has 0 aliphatic carbocycles. The Kier molecular flexibility index (Phi) is 11.2. The Balaban J connectivity index is 0. The van der Waals surface area contributed by atoms with E-state index in [9.17, 15) is 4.39 Å². The Bertz CT molecular complexity index is 264. The van der Waals surface area contributed by atoms with E-state index in [0.717, 1.165) is 11.5 Å². The van der Waals surface area contributed by atoms with Gasteiger partial charge in [0, 0.05) is 5.56 Å². The lowest BCUT2D eigenvalue weighted by atomic mass is 10.1. The Morgan fingerprint density at radius 2 is 1.62 bits per heavy atom. The summed E-state index contributed by atoms with van der Waals surface area (Å²) in [5, 5.41) is 0. The monoisotopic (exact) mass is 224 g/mol. The van der Waals surface area contributed by atoms with Gasteiger partial charge in [0.25, 0.3) is 0 Å². The average molecular weight is 224 g/mol. The summed E-state index contributed by atoms with van der Waals surface area (Å²) in [5.74, 6) is 0.634. The number of benzene rings is 1. The summed E-state index contributed by atoms with van der Waals surface area (Å²) in [7, 11) is 0. The normalized spacial score (nSPS) is 8.50. The first-order valence-corrected chi connectivity index (χ1v) is 5.86. The Morgan fingerprint density at radius 1 is 1.19 bits per heavy atom. The van der Waals surface area contributed by atoms with E-state index >= 15 is 0 Å². The number of halogens is 1. The van der Waals surface area contributed by atoms with Crippen molar-refractivity contribution >= 4 is 6.08 Å². The molecule has 0 aliphatic heterocycles. The van der Waals surface area contributed by atoms with Crippen LogP contribution in [0, 0.1) is 18.7 Å². The van der Waals surface area contributed by atoms with Crippen molar-refractivity contribution in [2.75, 3.05) is 0 Å². The van der Waals surface area contributed by atoms with Gasteiger partial charge in [-0.05, 0) is 24.5 Å². The maximum Gasteiger partial charge on any atom is 0.130 e. The van der Waals surface area contributed by atoms with Gasteiger partial charge in [0.05, 0.1) is 0 Å². The molecule has 0 radical (unpaired) electrons. The zero-order chi connectivity index (χ0) is 13.1. The minimum absolute atomic E-state index is 0.199. The van der Waals surface area contributed by atoms with Gasteiger partial charge in [-0.3, -0.25) is 0 Å². The first kappa shape index (κ1) is 17.3. The molecule has 1 rings (SSSR count). The van der Waals surface area contributed by atoms with Gasteiger partial charge in [-0.1, -0.05) is 59.4 Å². The van der Waals surface area contributed by atoms with Crippen LogP contribution in [0.1, 0.15) is 45.7 Å². The standard InChI is InChI=1S/C9H9F.C4H10.C2H6/c1-3-8-7(2)5-4-6-9(8)10;1-4(2)3;1-2/h3-6H,1H2,2H3;4H,1-3H3;1-2H3. The number of rotatable bonds is 1. The third-order valence-electron chi connectivity index (χ3n) is 1.48. The predicted octanol–water partition coefficient (Wildman–Crippen LogP) is 5.47. The highest BCUT2D eigenvalue weighted by Gasteiger charge is 1.98. The third-order valence-corrected chi connectivity index (χ3v) is 1.48. The molecule has 0 atom stereocenters. The molecule has 0 spiro atoms. The zero-order valence-corrected chi connectivity index (χ0v) is 11.5. The van der Waals surface area contributed by atoms with Gasteiger partial charge in [-0.25, -0.2) is 4.39 Å². The number of hydrogen-bond donors (Lipinski definition) is 0. The molecule has 1 aromatic rings. The first-order valence-electron chi connectivity index (χ1n) is 5.86. The van der Waals surface area contributed by atoms with Crippen LogP contribution in [0.3, 0.4) is 0 Å². The molecule has 16 heavy (non-hydrogen) atoms. The molecular formula is C15H25F. The first-order chi connectivity index (χ1) is 7.49. The van der Waals surface area contributed by atoms with Crippen LogP contribution in [0.5, 0.6) is 0 Å². The fourth-order valence-electron chi connectivity index (χ4n) is 0.903. The lowest BCUT2D eigenvalue weighted by Gasteiger charge is -1.98. The van der Waals surface area contributed by atoms with E-state index in [1.165, 1.54) is 12.1 Å². The maximum atomic E-state index is 12.8. The molecule has 0 saturated carbocycles. The fraction of sp³-hybridized carbons (Fsp3) is 0.467. The summed E-state index contributed by atoms with van der Waals surface area (Å²) in [6.07, 6.45) is 1.53. The summed E-state index contributed by atoms with van der Waals surface area (Å²) >= 11 is 0. The summed E-state index contributed by atoms with van der Waals surface area (Å²) < 4.78 is 12.8. The third kappa shape index (κ3) is 8.22. The molecule has 0 aromatic heterocycles. The molecule has 0 nitrogen and oxygen atoms in total. The van der Waals surface area contributed by atoms with Crippen molar-refractivity contribution < 1.29 is 4.39 Å². The lowest BCUT2D eigenvalue weighted by molar-refractivity contribution is 0.624. The molecule has 92 valence electrons. The smallest absolute Gasteiger partial charge is 0.130 e. The minimum Gasteiger partial charge on any atom is -0.206 e. The molecule has 1 heteroatoms. The molecule has 0 amide bonds. The van der Waals surface area contributed by atoms with E-state index < -0.39 is 0 Å². The van der Waals surface area contributed by atoms with Crippen LogP contribution in [0.15, 0.2) is 24.8 Å². The van der Waals surface area contributed by atoms with Gasteiger partial charge >= 0.3 is 0 Å². The summed E-state index contributed by atoms with van der Waals surface area (Å²) in [6, 6.07) is 4.99. The molecule has 1 aromatic carbocycles. The zero-order valence-electron chi connectivity index (χ0n) is 11.5. The second-order valence-corrected chi connectivity index (χ2v) is 3.91. The largest absolute Gasteiger partial charge is 0.206 e. The molecular weight excluding hydrogens is 199 g/mol. The van der Waals surface area contributed by atoms with Gasteiger partial charge in [-0.15, -0.1) is 0 Å². The van der Waals surface area contributed by atoms with E-state index in [0.29, 0.717) is 5.56 Å². The summed E-state index contributed by atoms with van der Waals surface area (Å²) in [5.41, 5.74) is 1.53. The molecule has 0 aliphatic rings. The van der Waals surface area contributed by atoms with Crippen molar-refractivity contribution in [2.24, 2.45) is 5.92 Å². The SMILES string of the molecule is C=Cc1c(C)cccc1F.CC.CC(C)C. The van der Waals surface area contributed by atoms with E-state index in [-0.39, 0.29) is 5.82 Å². The maximum absolute atomic E-state index is 12.8. The Hall–Kier alpha value is -1.11. The highest BCUT2D eigenvalue weighted by atomic mass is 19.1. The van der Waals surface area contributed by atoms with Crippen molar-refractivity contribution in [3.63, 3.8) is 0 Å². The van der Waals surface area contributed by atoms with Crippen molar-refractivity contribution in [1.29, 1.82) is 0 Å². The van der Waals surface area contributed by atoms with E-state index in [1.807, 2.05) is 26.8 Å². The molecule has 0 bridgehead atoms. The number of aryl methyl sites for hydroxylation is 1. The van der Waals surface area contributed by atoms with Crippen LogP contribution in [0.2, 0.25) is 0 Å². The van der Waals surface area contributed by atoms with Crippen molar-refractivity contribution in [3.8, 4) is 0 Å². The lowest BCUT2D eigenvalue weighted by Crippen LogP contribution is -1.84. The Labute approximate surface area is 100 Å². The molecule has 0 saturated heterocycles. The van der Waals surface area contributed by atoms with Crippen LogP contribution in [0.4, 0.5) is 4.39 Å². The van der Waals surface area contributed by atoms with Gasteiger partial charge < -0.3 is 0 Å². The van der Waals surface area contributed by atoms with E-state index in [2.05, 4.69) is 27.4 Å². The molecule has 0 heterocycles. The highest BCUT2D eigenvalue weighted by molar-refractivity contribution is 5.51. The minimum atomic E-state index is -0.199. The van der Waals surface area contributed by atoms with Crippen molar-refractivity contribution in [1.82, 2.24) is 0 Å². The van der Waals surface area contributed by atoms with Gasteiger partial charge in [0.15, 0.2) is 0 Å². The molecule has 0 fully saturated rings. The second kappa shape index (κ2) is 10.4. The van der Waals surface area contributed by atoms with Crippen LogP contribution in [-0.4, -0.2) is 0 Å². The summed E-state index contributed by atoms with van der Waals surface area (Å²) in [4.78, 5) is 0. The van der Waals surface area contributed by atoms with E-state index in [1.54, 1.807) is 6.07 Å². The quantitative estimate of drug-likeness (QED) is 0.593. The average Bonchev–Trinajstić information content (AvgIpc) is 2.20. The van der Waals surface area contributed by atoms with Crippen LogP contribution < -0.4 is 0 Å². The fourth-order valence-corrected chi connectivity index (χ4v) is 0.903. The molecule has 0 unspecified atom stereocenters. The second-order valence-electron chi connectivity index (χ2n) is 3.91.